The Bertz CT molecular complexity index is 1590. The molecule has 1 aliphatic heterocycles. The fraction of sp³-hybridized carbons (Fsp3) is 0.286. The van der Waals surface area contributed by atoms with Crippen molar-refractivity contribution in [1.29, 1.82) is 0 Å². The smallest absolute Gasteiger partial charge is 0.116 e. The summed E-state index contributed by atoms with van der Waals surface area (Å²) in [5.74, 6) is 0.582. The molecule has 1 saturated carbocycles. The third kappa shape index (κ3) is 3.79. The number of allylic oxidation sites excluding steroid dienone is 1. The first kappa shape index (κ1) is 21.1. The van der Waals surface area contributed by atoms with Gasteiger partial charge in [0, 0.05) is 41.3 Å². The molecule has 0 amide bonds. The number of piperidine rings is 1. The van der Waals surface area contributed by atoms with Gasteiger partial charge in [0.05, 0.1) is 58.6 Å². The van der Waals surface area contributed by atoms with Gasteiger partial charge in [-0.2, -0.15) is 5.10 Å². The van der Waals surface area contributed by atoms with Gasteiger partial charge in [-0.05, 0) is 56.2 Å². The van der Waals surface area contributed by atoms with Gasteiger partial charge in [0.15, 0.2) is 0 Å². The molecule has 0 unspecified atom stereocenters. The van der Waals surface area contributed by atoms with Crippen LogP contribution >= 0.6 is 0 Å². The summed E-state index contributed by atoms with van der Waals surface area (Å²) in [6, 6.07) is 6.36. The molecule has 6 heterocycles. The minimum Gasteiger partial charge on any atom is -0.370 e. The van der Waals surface area contributed by atoms with Crippen LogP contribution in [-0.2, 0) is 0 Å². The van der Waals surface area contributed by atoms with E-state index in [1.165, 1.54) is 43.2 Å². The number of pyridine rings is 3. The van der Waals surface area contributed by atoms with E-state index in [0.717, 1.165) is 63.5 Å². The summed E-state index contributed by atoms with van der Waals surface area (Å²) in [4.78, 5) is 19.6. The topological polar surface area (TPSA) is 98.4 Å². The van der Waals surface area contributed by atoms with E-state index in [2.05, 4.69) is 65.1 Å². The third-order valence-corrected chi connectivity index (χ3v) is 7.33. The van der Waals surface area contributed by atoms with E-state index in [4.69, 9.17) is 0 Å². The highest BCUT2D eigenvalue weighted by Crippen LogP contribution is 2.37. The average Bonchev–Trinajstić information content (AvgIpc) is 3.55. The first-order chi connectivity index (χ1) is 17.7. The van der Waals surface area contributed by atoms with Crippen LogP contribution < -0.4 is 10.2 Å². The van der Waals surface area contributed by atoms with E-state index in [-0.39, 0.29) is 0 Å². The monoisotopic (exact) mass is 476 g/mol. The molecule has 8 nitrogen and oxygen atoms in total. The predicted octanol–water partition coefficient (Wildman–Crippen LogP) is 5.89. The summed E-state index contributed by atoms with van der Waals surface area (Å²) < 4.78 is 0. The number of aromatic amines is 2. The molecule has 180 valence electrons. The minimum absolute atomic E-state index is 0.582. The highest BCUT2D eigenvalue weighted by Gasteiger charge is 2.24. The van der Waals surface area contributed by atoms with Crippen LogP contribution in [-0.4, -0.2) is 43.2 Å². The van der Waals surface area contributed by atoms with E-state index < -0.39 is 0 Å². The van der Waals surface area contributed by atoms with Crippen molar-refractivity contribution >= 4 is 33.2 Å². The van der Waals surface area contributed by atoms with Gasteiger partial charge >= 0.3 is 0 Å². The van der Waals surface area contributed by atoms with E-state index in [0.29, 0.717) is 5.92 Å². The van der Waals surface area contributed by atoms with Crippen LogP contribution in [0.2, 0.25) is 0 Å². The van der Waals surface area contributed by atoms with E-state index in [1.807, 2.05) is 31.0 Å². The van der Waals surface area contributed by atoms with Crippen LogP contribution in [0, 0.1) is 5.92 Å². The first-order valence-corrected chi connectivity index (χ1v) is 12.7. The third-order valence-electron chi connectivity index (χ3n) is 7.33. The summed E-state index contributed by atoms with van der Waals surface area (Å²) in [5, 5.41) is 13.4. The van der Waals surface area contributed by atoms with Gasteiger partial charge in [-0.15, -0.1) is 0 Å². The zero-order valence-corrected chi connectivity index (χ0v) is 20.1. The minimum atomic E-state index is 0.582. The van der Waals surface area contributed by atoms with Crippen LogP contribution in [0.1, 0.15) is 32.1 Å². The Morgan fingerprint density at radius 1 is 0.917 bits per heavy atom. The van der Waals surface area contributed by atoms with Gasteiger partial charge in [0.1, 0.15) is 5.69 Å². The van der Waals surface area contributed by atoms with Gasteiger partial charge in [-0.3, -0.25) is 20.1 Å². The number of hydrogen-bond donors (Lipinski definition) is 3. The van der Waals surface area contributed by atoms with Crippen molar-refractivity contribution in [3.05, 3.63) is 61.5 Å². The Hall–Kier alpha value is -4.20. The van der Waals surface area contributed by atoms with Crippen LogP contribution in [0.3, 0.4) is 0 Å². The largest absolute Gasteiger partial charge is 0.370 e. The summed E-state index contributed by atoms with van der Waals surface area (Å²) in [6.45, 7) is 6.33. The predicted molar refractivity (Wildman–Crippen MR) is 144 cm³/mol. The molecule has 36 heavy (non-hydrogen) atoms. The maximum atomic E-state index is 4.68. The number of fused-ring (bicyclic) bond motifs is 2. The number of H-pyrrole nitrogens is 2. The van der Waals surface area contributed by atoms with Crippen molar-refractivity contribution in [2.75, 3.05) is 23.3 Å². The molecule has 0 radical (unpaired) electrons. The Kier molecular flexibility index (Phi) is 4.97. The molecule has 0 bridgehead atoms. The van der Waals surface area contributed by atoms with Crippen molar-refractivity contribution in [3.63, 3.8) is 0 Å². The van der Waals surface area contributed by atoms with Crippen molar-refractivity contribution in [2.45, 2.75) is 32.1 Å². The number of nitrogens with one attached hydrogen (secondary N) is 3. The second-order valence-corrected chi connectivity index (χ2v) is 9.92. The van der Waals surface area contributed by atoms with Crippen LogP contribution in [0.4, 0.5) is 11.4 Å². The summed E-state index contributed by atoms with van der Waals surface area (Å²) in [6.07, 6.45) is 15.6. The normalized spacial score (nSPS) is 16.1. The average molecular weight is 477 g/mol. The zero-order valence-electron chi connectivity index (χ0n) is 20.1. The Morgan fingerprint density at radius 2 is 1.78 bits per heavy atom. The molecule has 3 N–H and O–H groups in total. The van der Waals surface area contributed by atoms with Crippen molar-refractivity contribution in [1.82, 2.24) is 30.1 Å². The maximum Gasteiger partial charge on any atom is 0.116 e. The van der Waals surface area contributed by atoms with E-state index in [9.17, 15) is 0 Å². The molecular formula is C28H28N8. The summed E-state index contributed by atoms with van der Waals surface area (Å²) >= 11 is 0. The second kappa shape index (κ2) is 8.48. The molecular weight excluding hydrogens is 448 g/mol. The standard InChI is InChI=1S/C28H28N8/c1-17(18-5-6-18)32-20-9-19(12-29-13-20)23-11-22-26(15-31-23)34-35-28(22)24-10-21-25(33-24)14-30-16-27(21)36-7-3-2-4-8-36/h9-16,18,32-33H,1-8H2,(H,34,35). The first-order valence-electron chi connectivity index (χ1n) is 12.7. The molecule has 0 atom stereocenters. The number of hydrogen-bond acceptors (Lipinski definition) is 6. The molecule has 8 heteroatoms. The number of aromatic nitrogens is 6. The fourth-order valence-corrected chi connectivity index (χ4v) is 5.20. The Morgan fingerprint density at radius 3 is 2.64 bits per heavy atom. The van der Waals surface area contributed by atoms with Gasteiger partial charge in [-0.1, -0.05) is 6.58 Å². The quantitative estimate of drug-likeness (QED) is 0.283. The fourth-order valence-electron chi connectivity index (χ4n) is 5.20. The van der Waals surface area contributed by atoms with E-state index in [1.54, 1.807) is 0 Å². The Labute approximate surface area is 208 Å². The molecule has 7 rings (SSSR count). The summed E-state index contributed by atoms with van der Waals surface area (Å²) in [5.41, 5.74) is 8.76. The lowest BCUT2D eigenvalue weighted by atomic mass is 10.1. The highest BCUT2D eigenvalue weighted by molar-refractivity contribution is 6.00. The second-order valence-electron chi connectivity index (χ2n) is 9.92. The Balaban J connectivity index is 1.25. The van der Waals surface area contributed by atoms with Crippen LogP contribution in [0.15, 0.2) is 61.5 Å². The number of rotatable bonds is 6. The molecule has 0 aromatic carbocycles. The van der Waals surface area contributed by atoms with E-state index >= 15 is 0 Å². The van der Waals surface area contributed by atoms with Crippen molar-refractivity contribution < 1.29 is 0 Å². The molecule has 5 aromatic heterocycles. The van der Waals surface area contributed by atoms with Gasteiger partial charge in [0.2, 0.25) is 0 Å². The molecule has 2 fully saturated rings. The van der Waals surface area contributed by atoms with Crippen molar-refractivity contribution in [3.8, 4) is 22.6 Å². The molecule has 0 spiro atoms. The lowest BCUT2D eigenvalue weighted by molar-refractivity contribution is 0.578. The van der Waals surface area contributed by atoms with Crippen LogP contribution in [0.25, 0.3) is 44.5 Å². The number of nitrogens with zero attached hydrogens (tertiary/aromatic N) is 5. The van der Waals surface area contributed by atoms with Crippen LogP contribution in [0.5, 0.6) is 0 Å². The molecule has 1 saturated heterocycles. The van der Waals surface area contributed by atoms with Gasteiger partial charge in [0.25, 0.3) is 0 Å². The zero-order chi connectivity index (χ0) is 24.1. The summed E-state index contributed by atoms with van der Waals surface area (Å²) in [7, 11) is 0. The maximum absolute atomic E-state index is 4.68. The number of anilines is 2. The lowest BCUT2D eigenvalue weighted by Gasteiger charge is -2.28. The molecule has 2 aliphatic rings. The molecule has 1 aliphatic carbocycles. The van der Waals surface area contributed by atoms with Gasteiger partial charge in [-0.25, -0.2) is 0 Å². The van der Waals surface area contributed by atoms with Gasteiger partial charge < -0.3 is 15.2 Å². The highest BCUT2D eigenvalue weighted by atomic mass is 15.1. The molecule has 5 aromatic rings. The lowest BCUT2D eigenvalue weighted by Crippen LogP contribution is -2.29. The SMILES string of the molecule is C=C(Nc1cncc(-c2cc3c(-c4cc5c(N6CCCCC6)cncc5[nH]4)n[nH]c3cn2)c1)C1CC1. The van der Waals surface area contributed by atoms with Crippen molar-refractivity contribution in [2.24, 2.45) is 5.92 Å².